The number of halogens is 1. The zero-order chi connectivity index (χ0) is 22.3. The second-order valence-electron chi connectivity index (χ2n) is 7.51. The van der Waals surface area contributed by atoms with Gasteiger partial charge in [0.05, 0.1) is 28.6 Å². The lowest BCUT2D eigenvalue weighted by molar-refractivity contribution is -0.119. The summed E-state index contributed by atoms with van der Waals surface area (Å²) >= 11 is 6.17. The molecule has 0 saturated carbocycles. The topological polar surface area (TPSA) is 108 Å². The molecule has 9 nitrogen and oxygen atoms in total. The Morgan fingerprint density at radius 2 is 1.71 bits per heavy atom. The van der Waals surface area contributed by atoms with Gasteiger partial charge < -0.3 is 14.2 Å². The molecule has 3 heterocycles. The number of furan rings is 1. The minimum Gasteiger partial charge on any atom is -0.459 e. The smallest absolute Gasteiger partial charge is 0.289 e. The Balaban J connectivity index is 1.51. The molecule has 1 unspecified atom stereocenters. The van der Waals surface area contributed by atoms with Crippen LogP contribution in [0.5, 0.6) is 0 Å². The van der Waals surface area contributed by atoms with Crippen LogP contribution in [-0.2, 0) is 14.8 Å². The van der Waals surface area contributed by atoms with Crippen LogP contribution in [0.4, 0.5) is 5.69 Å². The van der Waals surface area contributed by atoms with Crippen molar-refractivity contribution in [2.45, 2.75) is 6.92 Å². The first-order chi connectivity index (χ1) is 14.7. The van der Waals surface area contributed by atoms with E-state index < -0.39 is 21.8 Å². The third-order valence-corrected chi connectivity index (χ3v) is 7.53. The molecule has 2 saturated heterocycles. The van der Waals surface area contributed by atoms with Gasteiger partial charge in [0.15, 0.2) is 5.76 Å². The van der Waals surface area contributed by atoms with Gasteiger partial charge in [-0.15, -0.1) is 0 Å². The predicted octanol–water partition coefficient (Wildman–Crippen LogP) is 1.84. The fourth-order valence-corrected chi connectivity index (χ4v) is 5.80. The number of benzene rings is 1. The number of amides is 3. The molecule has 1 atom stereocenters. The molecule has 2 fully saturated rings. The first-order valence-corrected chi connectivity index (χ1v) is 11.7. The van der Waals surface area contributed by atoms with Crippen molar-refractivity contribution >= 4 is 45.0 Å². The first-order valence-electron chi connectivity index (χ1n) is 9.67. The molecule has 0 bridgehead atoms. The van der Waals surface area contributed by atoms with Crippen LogP contribution in [0, 0.1) is 5.92 Å². The number of hydrogen-bond acceptors (Lipinski definition) is 6. The van der Waals surface area contributed by atoms with Crippen molar-refractivity contribution < 1.29 is 27.2 Å². The Morgan fingerprint density at radius 1 is 1.06 bits per heavy atom. The second-order valence-corrected chi connectivity index (χ2v) is 9.78. The highest BCUT2D eigenvalue weighted by molar-refractivity contribution is 7.94. The summed E-state index contributed by atoms with van der Waals surface area (Å²) in [5.41, 5.74) is 0.196. The lowest BCUT2D eigenvalue weighted by atomic mass is 10.1. The summed E-state index contributed by atoms with van der Waals surface area (Å²) in [4.78, 5) is 40.9. The van der Waals surface area contributed by atoms with Crippen molar-refractivity contribution in [3.63, 3.8) is 0 Å². The van der Waals surface area contributed by atoms with Gasteiger partial charge in [-0.05, 0) is 30.3 Å². The largest absolute Gasteiger partial charge is 0.459 e. The standard InChI is InChI=1S/C20H20ClN3O6S/c1-13-12-31(28,29)24(18(13)25)16-11-14(4-5-15(16)21)19(26)22-6-8-23(9-7-22)20(27)17-3-2-10-30-17/h2-5,10-11,13H,6-9,12H2,1H3. The highest BCUT2D eigenvalue weighted by Gasteiger charge is 2.43. The summed E-state index contributed by atoms with van der Waals surface area (Å²) in [5.74, 6) is -1.88. The van der Waals surface area contributed by atoms with Crippen LogP contribution >= 0.6 is 11.6 Å². The highest BCUT2D eigenvalue weighted by atomic mass is 35.5. The number of sulfonamides is 1. The van der Waals surface area contributed by atoms with Crippen LogP contribution in [-0.4, -0.2) is 67.9 Å². The number of carbonyl (C=O) groups excluding carboxylic acids is 3. The van der Waals surface area contributed by atoms with E-state index in [9.17, 15) is 22.8 Å². The van der Waals surface area contributed by atoms with Gasteiger partial charge in [0.1, 0.15) is 0 Å². The van der Waals surface area contributed by atoms with Gasteiger partial charge in [-0.1, -0.05) is 18.5 Å². The average Bonchev–Trinajstić information content (AvgIpc) is 3.34. The van der Waals surface area contributed by atoms with Gasteiger partial charge in [0, 0.05) is 31.7 Å². The quantitative estimate of drug-likeness (QED) is 0.684. The van der Waals surface area contributed by atoms with Gasteiger partial charge in [-0.2, -0.15) is 0 Å². The van der Waals surface area contributed by atoms with E-state index >= 15 is 0 Å². The summed E-state index contributed by atoms with van der Waals surface area (Å²) < 4.78 is 30.7. The Hall–Kier alpha value is -2.85. The zero-order valence-corrected chi connectivity index (χ0v) is 18.2. The Bertz CT molecular complexity index is 1140. The maximum atomic E-state index is 13.0. The molecular weight excluding hydrogens is 446 g/mol. The van der Waals surface area contributed by atoms with Gasteiger partial charge in [-0.25, -0.2) is 12.7 Å². The molecule has 11 heteroatoms. The van der Waals surface area contributed by atoms with Gasteiger partial charge >= 0.3 is 0 Å². The summed E-state index contributed by atoms with van der Waals surface area (Å²) in [6.07, 6.45) is 1.43. The van der Waals surface area contributed by atoms with E-state index in [1.165, 1.54) is 31.4 Å². The van der Waals surface area contributed by atoms with E-state index in [2.05, 4.69) is 0 Å². The van der Waals surface area contributed by atoms with Crippen LogP contribution in [0.15, 0.2) is 41.0 Å². The Kier molecular flexibility index (Phi) is 5.52. The van der Waals surface area contributed by atoms with E-state index in [0.29, 0.717) is 30.5 Å². The second kappa shape index (κ2) is 8.01. The monoisotopic (exact) mass is 465 g/mol. The van der Waals surface area contributed by atoms with Crippen molar-refractivity contribution in [3.8, 4) is 0 Å². The summed E-state index contributed by atoms with van der Waals surface area (Å²) in [5, 5.41) is 0.0661. The van der Waals surface area contributed by atoms with Gasteiger partial charge in [0.2, 0.25) is 15.9 Å². The van der Waals surface area contributed by atoms with Gasteiger partial charge in [-0.3, -0.25) is 14.4 Å². The van der Waals surface area contributed by atoms with Crippen molar-refractivity contribution in [2.75, 3.05) is 36.2 Å². The molecule has 31 heavy (non-hydrogen) atoms. The molecule has 0 N–H and O–H groups in total. The van der Waals surface area contributed by atoms with E-state index in [-0.39, 0.29) is 39.6 Å². The predicted molar refractivity (Wildman–Crippen MR) is 112 cm³/mol. The molecule has 164 valence electrons. The number of rotatable bonds is 3. The molecule has 1 aromatic carbocycles. The molecular formula is C20H20ClN3O6S. The SMILES string of the molecule is CC1CS(=O)(=O)N(c2cc(C(=O)N3CCN(C(=O)c4ccco4)CC3)ccc2Cl)C1=O. The molecule has 3 amide bonds. The molecule has 2 aliphatic rings. The van der Waals surface area contributed by atoms with Crippen LogP contribution in [0.1, 0.15) is 27.8 Å². The Labute approximate surface area is 184 Å². The van der Waals surface area contributed by atoms with E-state index in [0.717, 1.165) is 0 Å². The molecule has 1 aromatic heterocycles. The maximum absolute atomic E-state index is 13.0. The zero-order valence-electron chi connectivity index (χ0n) is 16.7. The average molecular weight is 466 g/mol. The molecule has 2 aromatic rings. The van der Waals surface area contributed by atoms with Crippen LogP contribution < -0.4 is 4.31 Å². The fraction of sp³-hybridized carbons (Fsp3) is 0.350. The maximum Gasteiger partial charge on any atom is 0.289 e. The molecule has 2 aliphatic heterocycles. The summed E-state index contributed by atoms with van der Waals surface area (Å²) in [6.45, 7) is 2.82. The van der Waals surface area contributed by atoms with Crippen LogP contribution in [0.2, 0.25) is 5.02 Å². The fourth-order valence-electron chi connectivity index (χ4n) is 3.72. The molecule has 0 spiro atoms. The number of hydrogen-bond donors (Lipinski definition) is 0. The van der Waals surface area contributed by atoms with E-state index in [1.807, 2.05) is 0 Å². The number of piperazine rings is 1. The number of nitrogens with zero attached hydrogens (tertiary/aromatic N) is 3. The van der Waals surface area contributed by atoms with Gasteiger partial charge in [0.25, 0.3) is 11.8 Å². The van der Waals surface area contributed by atoms with Crippen LogP contribution in [0.25, 0.3) is 0 Å². The van der Waals surface area contributed by atoms with Crippen LogP contribution in [0.3, 0.4) is 0 Å². The Morgan fingerprint density at radius 3 is 2.26 bits per heavy atom. The molecule has 4 rings (SSSR count). The third-order valence-electron chi connectivity index (χ3n) is 5.36. The minimum absolute atomic E-state index is 0.0199. The van der Waals surface area contributed by atoms with Crippen molar-refractivity contribution in [3.05, 3.63) is 52.9 Å². The summed E-state index contributed by atoms with van der Waals surface area (Å²) in [6, 6.07) is 7.46. The lowest BCUT2D eigenvalue weighted by Gasteiger charge is -2.34. The molecule has 0 aliphatic carbocycles. The minimum atomic E-state index is -3.85. The van der Waals surface area contributed by atoms with Crippen molar-refractivity contribution in [2.24, 2.45) is 5.92 Å². The number of anilines is 1. The normalized spacial score (nSPS) is 20.9. The molecule has 0 radical (unpaired) electrons. The van der Waals surface area contributed by atoms with Crippen molar-refractivity contribution in [1.82, 2.24) is 9.80 Å². The van der Waals surface area contributed by atoms with E-state index in [4.69, 9.17) is 16.0 Å². The first kappa shape index (κ1) is 21.4. The third kappa shape index (κ3) is 3.92. The highest BCUT2D eigenvalue weighted by Crippen LogP contribution is 2.34. The number of carbonyl (C=O) groups is 3. The van der Waals surface area contributed by atoms with E-state index in [1.54, 1.807) is 21.9 Å². The lowest BCUT2D eigenvalue weighted by Crippen LogP contribution is -2.50. The summed E-state index contributed by atoms with van der Waals surface area (Å²) in [7, 11) is -3.85. The van der Waals surface area contributed by atoms with Crippen molar-refractivity contribution in [1.29, 1.82) is 0 Å².